The molecule has 7 heteroatoms. The summed E-state index contributed by atoms with van der Waals surface area (Å²) in [5.41, 5.74) is 0.884. The Morgan fingerprint density at radius 1 is 1.17 bits per heavy atom. The van der Waals surface area contributed by atoms with Crippen molar-refractivity contribution in [2.75, 3.05) is 0 Å². The van der Waals surface area contributed by atoms with Crippen LogP contribution in [0.15, 0.2) is 36.5 Å². The number of hydrogen-bond donors (Lipinski definition) is 0. The average molecular weight is 319 g/mol. The molecular formula is C16H9F4N3. The monoisotopic (exact) mass is 319 g/mol. The fourth-order valence-corrected chi connectivity index (χ4v) is 2.20. The molecule has 0 radical (unpaired) electrons. The van der Waals surface area contributed by atoms with Gasteiger partial charge in [0, 0.05) is 5.56 Å². The van der Waals surface area contributed by atoms with Gasteiger partial charge in [0.05, 0.1) is 28.7 Å². The number of rotatable bonds is 2. The van der Waals surface area contributed by atoms with E-state index in [0.29, 0.717) is 16.8 Å². The van der Waals surface area contributed by atoms with E-state index in [2.05, 4.69) is 16.0 Å². The van der Waals surface area contributed by atoms with Crippen molar-refractivity contribution < 1.29 is 17.6 Å². The number of fused-ring (bicyclic) bond motifs is 1. The van der Waals surface area contributed by atoms with Gasteiger partial charge < -0.3 is 0 Å². The lowest BCUT2D eigenvalue weighted by molar-refractivity contribution is -0.137. The topological polar surface area (TPSA) is 30.2 Å². The maximum absolute atomic E-state index is 13.2. The summed E-state index contributed by atoms with van der Waals surface area (Å²) in [4.78, 5) is 4.29. The molecule has 0 aliphatic carbocycles. The minimum atomic E-state index is -4.41. The Hall–Kier alpha value is -2.88. The Kier molecular flexibility index (Phi) is 3.52. The molecule has 0 N–H and O–H groups in total. The van der Waals surface area contributed by atoms with Crippen LogP contribution < -0.4 is 0 Å². The van der Waals surface area contributed by atoms with Crippen LogP contribution in [0.2, 0.25) is 0 Å². The lowest BCUT2D eigenvalue weighted by Crippen LogP contribution is -2.04. The van der Waals surface area contributed by atoms with Crippen molar-refractivity contribution in [1.29, 1.82) is 0 Å². The summed E-state index contributed by atoms with van der Waals surface area (Å²) in [6.45, 7) is -0.807. The lowest BCUT2D eigenvalue weighted by atomic mass is 10.1. The van der Waals surface area contributed by atoms with E-state index in [1.807, 2.05) is 0 Å². The highest BCUT2D eigenvalue weighted by molar-refractivity contribution is 5.66. The van der Waals surface area contributed by atoms with Crippen molar-refractivity contribution in [1.82, 2.24) is 14.6 Å². The van der Waals surface area contributed by atoms with Crippen molar-refractivity contribution in [3.05, 3.63) is 53.3 Å². The van der Waals surface area contributed by atoms with Crippen molar-refractivity contribution in [3.8, 4) is 23.6 Å². The van der Waals surface area contributed by atoms with Crippen molar-refractivity contribution in [2.24, 2.45) is 0 Å². The van der Waals surface area contributed by atoms with Gasteiger partial charge in [0.1, 0.15) is 6.67 Å². The molecule has 0 atom stereocenters. The minimum absolute atomic E-state index is 0.214. The van der Waals surface area contributed by atoms with Gasteiger partial charge in [0.15, 0.2) is 5.65 Å². The second-order valence-corrected chi connectivity index (χ2v) is 4.78. The van der Waals surface area contributed by atoms with Gasteiger partial charge in [-0.15, -0.1) is 6.42 Å². The van der Waals surface area contributed by atoms with E-state index in [1.54, 1.807) is 0 Å². The second kappa shape index (κ2) is 5.39. The third kappa shape index (κ3) is 2.63. The highest BCUT2D eigenvalue weighted by Gasteiger charge is 2.30. The minimum Gasteiger partial charge on any atom is -0.244 e. The van der Waals surface area contributed by atoms with Gasteiger partial charge in [-0.25, -0.2) is 13.9 Å². The van der Waals surface area contributed by atoms with Crippen LogP contribution in [0, 0.1) is 12.3 Å². The van der Waals surface area contributed by atoms with E-state index in [0.717, 1.165) is 12.1 Å². The quantitative estimate of drug-likeness (QED) is 0.530. The predicted octanol–water partition coefficient (Wildman–Crippen LogP) is 3.87. The van der Waals surface area contributed by atoms with Gasteiger partial charge in [0.25, 0.3) is 0 Å². The van der Waals surface area contributed by atoms with Crippen LogP contribution in [-0.2, 0) is 12.9 Å². The molecule has 0 saturated heterocycles. The molecule has 3 nitrogen and oxygen atoms in total. The van der Waals surface area contributed by atoms with E-state index in [1.165, 1.54) is 28.9 Å². The number of hydrogen-bond acceptors (Lipinski definition) is 2. The molecule has 2 heterocycles. The Balaban J connectivity index is 2.14. The van der Waals surface area contributed by atoms with Crippen molar-refractivity contribution >= 4 is 5.65 Å². The number of halogens is 4. The van der Waals surface area contributed by atoms with Gasteiger partial charge >= 0.3 is 6.18 Å². The zero-order valence-electron chi connectivity index (χ0n) is 11.6. The van der Waals surface area contributed by atoms with Gasteiger partial charge in [-0.2, -0.15) is 18.3 Å². The lowest BCUT2D eigenvalue weighted by Gasteiger charge is -2.09. The fourth-order valence-electron chi connectivity index (χ4n) is 2.20. The van der Waals surface area contributed by atoms with E-state index < -0.39 is 18.4 Å². The predicted molar refractivity (Wildman–Crippen MR) is 76.2 cm³/mol. The summed E-state index contributed by atoms with van der Waals surface area (Å²) < 4.78 is 52.3. The maximum atomic E-state index is 13.2. The van der Waals surface area contributed by atoms with Crippen LogP contribution in [0.5, 0.6) is 0 Å². The SMILES string of the molecule is C#Cc1cnn2c(CF)cc(-c3ccc(C(F)(F)F)cc3)nc12. The van der Waals surface area contributed by atoms with E-state index in [4.69, 9.17) is 6.42 Å². The first kappa shape index (κ1) is 15.0. The van der Waals surface area contributed by atoms with Crippen LogP contribution in [0.25, 0.3) is 16.9 Å². The third-order valence-electron chi connectivity index (χ3n) is 3.35. The van der Waals surface area contributed by atoms with Gasteiger partial charge in [-0.1, -0.05) is 18.1 Å². The van der Waals surface area contributed by atoms with E-state index >= 15 is 0 Å². The zero-order chi connectivity index (χ0) is 16.6. The number of terminal acetylenes is 1. The molecule has 0 unspecified atom stereocenters. The summed E-state index contributed by atoms with van der Waals surface area (Å²) in [6.07, 6.45) is 2.32. The van der Waals surface area contributed by atoms with Gasteiger partial charge in [-0.3, -0.25) is 0 Å². The Morgan fingerprint density at radius 2 is 1.87 bits per heavy atom. The summed E-state index contributed by atoms with van der Waals surface area (Å²) in [5.74, 6) is 2.39. The molecule has 0 aliphatic heterocycles. The molecule has 116 valence electrons. The molecule has 0 spiro atoms. The maximum Gasteiger partial charge on any atom is 0.416 e. The van der Waals surface area contributed by atoms with E-state index in [9.17, 15) is 17.6 Å². The molecule has 23 heavy (non-hydrogen) atoms. The van der Waals surface area contributed by atoms with Crippen LogP contribution in [0.4, 0.5) is 17.6 Å². The standard InChI is InChI=1S/C16H9F4N3/c1-2-10-9-21-23-13(8-17)7-14(22-15(10)23)11-3-5-12(6-4-11)16(18,19)20/h1,3-7,9H,8H2. The number of benzene rings is 1. The Labute approximate surface area is 128 Å². The van der Waals surface area contributed by atoms with Crippen molar-refractivity contribution in [3.63, 3.8) is 0 Å². The van der Waals surface area contributed by atoms with Crippen LogP contribution in [0.1, 0.15) is 16.8 Å². The normalized spacial score (nSPS) is 11.6. The highest BCUT2D eigenvalue weighted by Crippen LogP contribution is 2.31. The second-order valence-electron chi connectivity index (χ2n) is 4.78. The Morgan fingerprint density at radius 3 is 2.43 bits per heavy atom. The molecule has 1 aromatic carbocycles. The molecule has 3 rings (SSSR count). The molecule has 0 fully saturated rings. The first-order valence-electron chi connectivity index (χ1n) is 6.52. The Bertz CT molecular complexity index is 902. The van der Waals surface area contributed by atoms with Crippen LogP contribution in [0.3, 0.4) is 0 Å². The highest BCUT2D eigenvalue weighted by atomic mass is 19.4. The molecular weight excluding hydrogens is 310 g/mol. The first-order chi connectivity index (χ1) is 10.9. The third-order valence-corrected chi connectivity index (χ3v) is 3.35. The zero-order valence-corrected chi connectivity index (χ0v) is 11.6. The molecule has 3 aromatic rings. The first-order valence-corrected chi connectivity index (χ1v) is 6.52. The summed E-state index contributed by atoms with van der Waals surface area (Å²) >= 11 is 0. The molecule has 0 aliphatic rings. The van der Waals surface area contributed by atoms with Crippen LogP contribution >= 0.6 is 0 Å². The molecule has 2 aromatic heterocycles. The van der Waals surface area contributed by atoms with Gasteiger partial charge in [0.2, 0.25) is 0 Å². The summed E-state index contributed by atoms with van der Waals surface area (Å²) in [5, 5.41) is 3.96. The fraction of sp³-hybridized carbons (Fsp3) is 0.125. The average Bonchev–Trinajstić information content (AvgIpc) is 2.96. The summed E-state index contributed by atoms with van der Waals surface area (Å²) in [6, 6.07) is 5.91. The molecule has 0 amide bonds. The molecule has 0 saturated carbocycles. The molecule has 0 bridgehead atoms. The summed E-state index contributed by atoms with van der Waals surface area (Å²) in [7, 11) is 0. The number of alkyl halides is 4. The van der Waals surface area contributed by atoms with Crippen molar-refractivity contribution in [2.45, 2.75) is 12.9 Å². The largest absolute Gasteiger partial charge is 0.416 e. The smallest absolute Gasteiger partial charge is 0.244 e. The van der Waals surface area contributed by atoms with Crippen LogP contribution in [-0.4, -0.2) is 14.6 Å². The number of aromatic nitrogens is 3. The van der Waals surface area contributed by atoms with Gasteiger partial charge in [-0.05, 0) is 18.2 Å². The number of nitrogens with zero attached hydrogens (tertiary/aromatic N) is 3. The van der Waals surface area contributed by atoms with E-state index in [-0.39, 0.29) is 11.3 Å².